The van der Waals surface area contributed by atoms with Crippen molar-refractivity contribution in [3.05, 3.63) is 40.7 Å². The number of carbonyl (C=O) groups excluding carboxylic acids is 1. The van der Waals surface area contributed by atoms with Crippen LogP contribution in [0.5, 0.6) is 0 Å². The maximum atomic E-state index is 12.4. The molecule has 1 aliphatic rings. The molecule has 1 aromatic carbocycles. The number of rotatable bonds is 5. The minimum Gasteiger partial charge on any atom is -0.349 e. The highest BCUT2D eigenvalue weighted by Gasteiger charge is 2.25. The second-order valence-corrected chi connectivity index (χ2v) is 7.94. The van der Waals surface area contributed by atoms with Gasteiger partial charge in [-0.1, -0.05) is 29.0 Å². The summed E-state index contributed by atoms with van der Waals surface area (Å²) in [4.78, 5) is 30.7. The summed E-state index contributed by atoms with van der Waals surface area (Å²) < 4.78 is 0. The Morgan fingerprint density at radius 2 is 2.19 bits per heavy atom. The molecule has 1 amide bonds. The molecule has 0 saturated heterocycles. The van der Waals surface area contributed by atoms with Crippen molar-refractivity contribution in [3.63, 3.8) is 0 Å². The van der Waals surface area contributed by atoms with Crippen molar-refractivity contribution in [1.29, 1.82) is 0 Å². The van der Waals surface area contributed by atoms with Crippen molar-refractivity contribution in [2.24, 2.45) is 0 Å². The van der Waals surface area contributed by atoms with Gasteiger partial charge in [-0.05, 0) is 39.1 Å². The maximum Gasteiger partial charge on any atom is 0.280 e. The molecular weight excluding hydrogens is 360 g/mol. The van der Waals surface area contributed by atoms with Crippen LogP contribution in [0.4, 0.5) is 11.5 Å². The Balaban J connectivity index is 1.64. The molecule has 4 rings (SSSR count). The number of fused-ring (bicyclic) bond motifs is 2. The molecule has 0 bridgehead atoms. The molecular formula is C19H22N6OS. The van der Waals surface area contributed by atoms with E-state index in [1.165, 1.54) is 22.5 Å². The van der Waals surface area contributed by atoms with Crippen molar-refractivity contribution in [3.8, 4) is 0 Å². The van der Waals surface area contributed by atoms with Gasteiger partial charge < -0.3 is 15.1 Å². The van der Waals surface area contributed by atoms with Gasteiger partial charge in [-0.3, -0.25) is 4.79 Å². The van der Waals surface area contributed by atoms with E-state index in [0.717, 1.165) is 35.8 Å². The minimum atomic E-state index is -0.164. The van der Waals surface area contributed by atoms with Crippen LogP contribution in [0.3, 0.4) is 0 Å². The van der Waals surface area contributed by atoms with E-state index in [4.69, 9.17) is 0 Å². The van der Waals surface area contributed by atoms with Crippen LogP contribution in [0.1, 0.15) is 20.9 Å². The predicted octanol–water partition coefficient (Wildman–Crippen LogP) is 2.38. The molecule has 27 heavy (non-hydrogen) atoms. The Bertz CT molecular complexity index is 999. The summed E-state index contributed by atoms with van der Waals surface area (Å²) in [5.74, 6) is 0.606. The molecule has 3 aromatic rings. The summed E-state index contributed by atoms with van der Waals surface area (Å²) in [7, 11) is 3.95. The lowest BCUT2D eigenvalue weighted by Gasteiger charge is -2.18. The number of thiazole rings is 1. The van der Waals surface area contributed by atoms with Crippen molar-refractivity contribution < 1.29 is 4.79 Å². The number of hydrogen-bond acceptors (Lipinski definition) is 7. The molecule has 3 heterocycles. The summed E-state index contributed by atoms with van der Waals surface area (Å²) in [5, 5.41) is 3.33. The average molecular weight is 382 g/mol. The van der Waals surface area contributed by atoms with E-state index in [1.807, 2.05) is 19.0 Å². The lowest BCUT2D eigenvalue weighted by atomic mass is 10.1. The Labute approximate surface area is 162 Å². The van der Waals surface area contributed by atoms with Gasteiger partial charge in [0.25, 0.3) is 5.91 Å². The predicted molar refractivity (Wildman–Crippen MR) is 108 cm³/mol. The number of likely N-dealkylation sites (N-methyl/N-ethyl adjacent to an activating group) is 1. The monoisotopic (exact) mass is 382 g/mol. The summed E-state index contributed by atoms with van der Waals surface area (Å²) in [5.41, 5.74) is 4.42. The largest absolute Gasteiger partial charge is 0.349 e. The number of hydrogen-bond donors (Lipinski definition) is 1. The number of benzene rings is 1. The normalized spacial score (nSPS) is 13.4. The molecule has 0 fully saturated rings. The van der Waals surface area contributed by atoms with Crippen molar-refractivity contribution in [2.75, 3.05) is 38.6 Å². The first-order valence-corrected chi connectivity index (χ1v) is 9.76. The van der Waals surface area contributed by atoms with E-state index < -0.39 is 0 Å². The molecule has 0 saturated carbocycles. The van der Waals surface area contributed by atoms with E-state index in [2.05, 4.69) is 50.3 Å². The third-order valence-electron chi connectivity index (χ3n) is 4.60. The second-order valence-electron chi connectivity index (χ2n) is 6.96. The number of anilines is 2. The third-order valence-corrected chi connectivity index (χ3v) is 5.56. The molecule has 0 atom stereocenters. The zero-order valence-electron chi connectivity index (χ0n) is 15.7. The van der Waals surface area contributed by atoms with E-state index in [-0.39, 0.29) is 5.91 Å². The van der Waals surface area contributed by atoms with Crippen LogP contribution in [0.25, 0.3) is 10.3 Å². The average Bonchev–Trinajstić information content (AvgIpc) is 3.24. The standard InChI is InChI=1S/C19H22N6OS/c1-12-4-5-14-13(10-12)6-8-25(14)16-15-18(22-11-21-16)27-19(23-15)17(26)20-7-9-24(2)3/h4-5,10-11H,6-9H2,1-3H3,(H,20,26). The van der Waals surface area contributed by atoms with Gasteiger partial charge in [0, 0.05) is 25.3 Å². The van der Waals surface area contributed by atoms with Gasteiger partial charge in [-0.15, -0.1) is 0 Å². The molecule has 0 spiro atoms. The van der Waals surface area contributed by atoms with Crippen LogP contribution >= 0.6 is 11.3 Å². The van der Waals surface area contributed by atoms with Crippen LogP contribution in [0, 0.1) is 6.92 Å². The number of aryl methyl sites for hydroxylation is 1. The Morgan fingerprint density at radius 3 is 3.00 bits per heavy atom. The summed E-state index contributed by atoms with van der Waals surface area (Å²) >= 11 is 1.31. The number of carbonyl (C=O) groups is 1. The highest BCUT2D eigenvalue weighted by atomic mass is 32.1. The fraction of sp³-hybridized carbons (Fsp3) is 0.368. The quantitative estimate of drug-likeness (QED) is 0.730. The first kappa shape index (κ1) is 17.8. The number of amides is 1. The fourth-order valence-corrected chi connectivity index (χ4v) is 4.07. The highest BCUT2D eigenvalue weighted by Crippen LogP contribution is 2.37. The third kappa shape index (κ3) is 3.50. The van der Waals surface area contributed by atoms with E-state index in [0.29, 0.717) is 17.1 Å². The smallest absolute Gasteiger partial charge is 0.280 e. The zero-order valence-corrected chi connectivity index (χ0v) is 16.5. The van der Waals surface area contributed by atoms with Crippen LogP contribution in [0.2, 0.25) is 0 Å². The Hall–Kier alpha value is -2.58. The van der Waals surface area contributed by atoms with Gasteiger partial charge in [-0.25, -0.2) is 15.0 Å². The topological polar surface area (TPSA) is 74.2 Å². The van der Waals surface area contributed by atoms with Gasteiger partial charge in [-0.2, -0.15) is 0 Å². The SMILES string of the molecule is Cc1ccc2c(c1)CCN2c1ncnc2sc(C(=O)NCCN(C)C)nc12. The molecule has 140 valence electrons. The van der Waals surface area contributed by atoms with E-state index >= 15 is 0 Å². The molecule has 7 nitrogen and oxygen atoms in total. The summed E-state index contributed by atoms with van der Waals surface area (Å²) in [6.45, 7) is 4.32. The highest BCUT2D eigenvalue weighted by molar-refractivity contribution is 7.19. The van der Waals surface area contributed by atoms with Gasteiger partial charge in [0.2, 0.25) is 0 Å². The second kappa shape index (κ2) is 7.21. The molecule has 0 unspecified atom stereocenters. The van der Waals surface area contributed by atoms with Gasteiger partial charge in [0.1, 0.15) is 16.7 Å². The van der Waals surface area contributed by atoms with E-state index in [9.17, 15) is 4.79 Å². The number of nitrogens with one attached hydrogen (secondary N) is 1. The van der Waals surface area contributed by atoms with Gasteiger partial charge >= 0.3 is 0 Å². The van der Waals surface area contributed by atoms with Crippen LogP contribution < -0.4 is 10.2 Å². The van der Waals surface area contributed by atoms with Crippen molar-refractivity contribution in [1.82, 2.24) is 25.2 Å². The Kier molecular flexibility index (Phi) is 4.75. The zero-order chi connectivity index (χ0) is 19.0. The van der Waals surface area contributed by atoms with Gasteiger partial charge in [0.15, 0.2) is 10.8 Å². The molecule has 0 aliphatic carbocycles. The summed E-state index contributed by atoms with van der Waals surface area (Å²) in [6.07, 6.45) is 2.53. The van der Waals surface area contributed by atoms with Crippen molar-refractivity contribution in [2.45, 2.75) is 13.3 Å². The minimum absolute atomic E-state index is 0.164. The maximum absolute atomic E-state index is 12.4. The number of aromatic nitrogens is 3. The fourth-order valence-electron chi connectivity index (χ4n) is 3.26. The lowest BCUT2D eigenvalue weighted by molar-refractivity contribution is 0.0951. The molecule has 8 heteroatoms. The Morgan fingerprint density at radius 1 is 1.33 bits per heavy atom. The van der Waals surface area contributed by atoms with Gasteiger partial charge in [0.05, 0.1) is 0 Å². The first-order chi connectivity index (χ1) is 13.0. The lowest BCUT2D eigenvalue weighted by Crippen LogP contribution is -2.31. The first-order valence-electron chi connectivity index (χ1n) is 8.94. The molecule has 0 radical (unpaired) electrons. The molecule has 1 N–H and O–H groups in total. The molecule has 2 aromatic heterocycles. The van der Waals surface area contributed by atoms with Crippen molar-refractivity contribution >= 4 is 39.1 Å². The van der Waals surface area contributed by atoms with Crippen LogP contribution in [0.15, 0.2) is 24.5 Å². The summed E-state index contributed by atoms with van der Waals surface area (Å²) in [6, 6.07) is 6.46. The van der Waals surface area contributed by atoms with Crippen LogP contribution in [-0.4, -0.2) is 59.5 Å². The van der Waals surface area contributed by atoms with Crippen LogP contribution in [-0.2, 0) is 6.42 Å². The van der Waals surface area contributed by atoms with E-state index in [1.54, 1.807) is 6.33 Å². The number of nitrogens with zero attached hydrogens (tertiary/aromatic N) is 5. The molecule has 1 aliphatic heterocycles.